The summed E-state index contributed by atoms with van der Waals surface area (Å²) in [6, 6.07) is -0.0133. The number of primary amides is 1. The van der Waals surface area contributed by atoms with E-state index in [4.69, 9.17) is 10.5 Å². The van der Waals surface area contributed by atoms with Gasteiger partial charge in [0.25, 0.3) is 0 Å². The number of nitrogens with one attached hydrogen (secondary N) is 2. The summed E-state index contributed by atoms with van der Waals surface area (Å²) in [6.07, 6.45) is 1.39. The molecule has 1 rings (SSSR count). The van der Waals surface area contributed by atoms with Gasteiger partial charge in [0, 0.05) is 31.2 Å². The summed E-state index contributed by atoms with van der Waals surface area (Å²) in [4.78, 5) is 10.5. The fourth-order valence-electron chi connectivity index (χ4n) is 2.15. The number of hydrogen-bond acceptors (Lipinski definition) is 3. The average Bonchev–Trinajstić information content (AvgIpc) is 2.20. The van der Waals surface area contributed by atoms with Gasteiger partial charge in [-0.25, -0.2) is 4.79 Å². The summed E-state index contributed by atoms with van der Waals surface area (Å²) < 4.78 is 5.64. The molecular weight excluding hydrogens is 206 g/mol. The zero-order valence-electron chi connectivity index (χ0n) is 10.4. The van der Waals surface area contributed by atoms with Crippen molar-refractivity contribution in [1.29, 1.82) is 0 Å². The number of carbonyl (C=O) groups is 1. The first kappa shape index (κ1) is 13.3. The van der Waals surface area contributed by atoms with Crippen LogP contribution in [0, 0.1) is 5.41 Å². The van der Waals surface area contributed by atoms with E-state index in [9.17, 15) is 4.79 Å². The van der Waals surface area contributed by atoms with E-state index in [0.29, 0.717) is 18.7 Å². The molecular formula is C11H23N3O2. The molecule has 1 saturated carbocycles. The van der Waals surface area contributed by atoms with Crippen LogP contribution in [-0.4, -0.2) is 37.9 Å². The van der Waals surface area contributed by atoms with Gasteiger partial charge in [-0.3, -0.25) is 0 Å². The molecule has 0 aliphatic heterocycles. The highest BCUT2D eigenvalue weighted by Crippen LogP contribution is 2.42. The third-order valence-electron chi connectivity index (χ3n) is 3.36. The van der Waals surface area contributed by atoms with Crippen LogP contribution in [0.3, 0.4) is 0 Å². The third-order valence-corrected chi connectivity index (χ3v) is 3.36. The van der Waals surface area contributed by atoms with E-state index in [1.165, 1.54) is 0 Å². The van der Waals surface area contributed by atoms with Gasteiger partial charge in [-0.2, -0.15) is 0 Å². The summed E-state index contributed by atoms with van der Waals surface area (Å²) in [5.74, 6) is 0. The monoisotopic (exact) mass is 229 g/mol. The highest BCUT2D eigenvalue weighted by atomic mass is 16.5. The van der Waals surface area contributed by atoms with Gasteiger partial charge in [0.1, 0.15) is 0 Å². The Bertz CT molecular complexity index is 243. The molecule has 94 valence electrons. The molecule has 2 unspecified atom stereocenters. The van der Waals surface area contributed by atoms with Crippen molar-refractivity contribution in [1.82, 2.24) is 10.6 Å². The predicted molar refractivity (Wildman–Crippen MR) is 63.2 cm³/mol. The highest BCUT2D eigenvalue weighted by Gasteiger charge is 2.48. The molecule has 1 fully saturated rings. The number of carbonyl (C=O) groups excluding carboxylic acids is 1. The molecule has 0 aromatic heterocycles. The average molecular weight is 229 g/mol. The molecule has 1 aliphatic carbocycles. The van der Waals surface area contributed by atoms with Crippen LogP contribution in [0.1, 0.15) is 27.2 Å². The van der Waals surface area contributed by atoms with Gasteiger partial charge in [-0.05, 0) is 13.3 Å². The Balaban J connectivity index is 2.18. The molecule has 0 aromatic carbocycles. The van der Waals surface area contributed by atoms with Crippen molar-refractivity contribution in [3.63, 3.8) is 0 Å². The highest BCUT2D eigenvalue weighted by molar-refractivity contribution is 5.71. The van der Waals surface area contributed by atoms with E-state index in [1.807, 2.05) is 6.92 Å². The van der Waals surface area contributed by atoms with Crippen molar-refractivity contribution in [3.8, 4) is 0 Å². The Hall–Kier alpha value is -0.810. The van der Waals surface area contributed by atoms with Crippen molar-refractivity contribution in [3.05, 3.63) is 0 Å². The largest absolute Gasteiger partial charge is 0.378 e. The number of nitrogens with two attached hydrogens (primary N) is 1. The van der Waals surface area contributed by atoms with Gasteiger partial charge < -0.3 is 21.1 Å². The number of amides is 2. The molecule has 0 aromatic rings. The van der Waals surface area contributed by atoms with Crippen LogP contribution in [-0.2, 0) is 4.74 Å². The second-order valence-corrected chi connectivity index (χ2v) is 4.80. The first-order chi connectivity index (χ1) is 7.48. The van der Waals surface area contributed by atoms with Crippen LogP contribution >= 0.6 is 0 Å². The fourth-order valence-corrected chi connectivity index (χ4v) is 2.15. The van der Waals surface area contributed by atoms with E-state index >= 15 is 0 Å². The minimum atomic E-state index is -0.470. The fraction of sp³-hybridized carbons (Fsp3) is 0.909. The van der Waals surface area contributed by atoms with Gasteiger partial charge in [0.2, 0.25) is 0 Å². The smallest absolute Gasteiger partial charge is 0.312 e. The van der Waals surface area contributed by atoms with Crippen LogP contribution in [0.5, 0.6) is 0 Å². The lowest BCUT2D eigenvalue weighted by atomic mass is 9.64. The molecule has 2 atom stereocenters. The molecule has 0 bridgehead atoms. The lowest BCUT2D eigenvalue weighted by Gasteiger charge is -2.52. The predicted octanol–water partition coefficient (Wildman–Crippen LogP) is 0.448. The van der Waals surface area contributed by atoms with Crippen LogP contribution in [0.25, 0.3) is 0 Å². The van der Waals surface area contributed by atoms with Crippen molar-refractivity contribution in [2.75, 3.05) is 19.7 Å². The minimum absolute atomic E-state index is 0.169. The Morgan fingerprint density at radius 3 is 2.69 bits per heavy atom. The summed E-state index contributed by atoms with van der Waals surface area (Å²) in [5, 5.41) is 5.96. The van der Waals surface area contributed by atoms with Crippen LogP contribution in [0.15, 0.2) is 0 Å². The summed E-state index contributed by atoms with van der Waals surface area (Å²) in [6.45, 7) is 8.51. The lowest BCUT2D eigenvalue weighted by molar-refractivity contribution is -0.113. The Morgan fingerprint density at radius 2 is 2.19 bits per heavy atom. The first-order valence-electron chi connectivity index (χ1n) is 5.86. The number of rotatable bonds is 6. The second kappa shape index (κ2) is 5.50. The SMILES string of the molecule is CCOC1CC(NCCNC(N)=O)C1(C)C. The molecule has 0 heterocycles. The van der Waals surface area contributed by atoms with Crippen LogP contribution in [0.2, 0.25) is 0 Å². The quantitative estimate of drug-likeness (QED) is 0.579. The zero-order chi connectivity index (χ0) is 12.2. The van der Waals surface area contributed by atoms with E-state index in [1.54, 1.807) is 0 Å². The summed E-state index contributed by atoms with van der Waals surface area (Å²) in [5.41, 5.74) is 5.14. The maximum absolute atomic E-state index is 10.5. The molecule has 5 nitrogen and oxygen atoms in total. The second-order valence-electron chi connectivity index (χ2n) is 4.80. The molecule has 1 aliphatic rings. The van der Waals surface area contributed by atoms with Crippen molar-refractivity contribution in [2.45, 2.75) is 39.3 Å². The Labute approximate surface area is 97.1 Å². The van der Waals surface area contributed by atoms with E-state index in [-0.39, 0.29) is 5.41 Å². The van der Waals surface area contributed by atoms with E-state index < -0.39 is 6.03 Å². The third kappa shape index (κ3) is 3.09. The molecule has 16 heavy (non-hydrogen) atoms. The number of hydrogen-bond donors (Lipinski definition) is 3. The summed E-state index contributed by atoms with van der Waals surface area (Å²) in [7, 11) is 0. The van der Waals surface area contributed by atoms with Gasteiger partial charge >= 0.3 is 6.03 Å². The topological polar surface area (TPSA) is 76.4 Å². The maximum atomic E-state index is 10.5. The maximum Gasteiger partial charge on any atom is 0.312 e. The zero-order valence-corrected chi connectivity index (χ0v) is 10.4. The normalized spacial score (nSPS) is 27.2. The summed E-state index contributed by atoms with van der Waals surface area (Å²) >= 11 is 0. The Kier molecular flexibility index (Phi) is 4.56. The molecule has 4 N–H and O–H groups in total. The molecule has 0 spiro atoms. The molecule has 0 saturated heterocycles. The number of ether oxygens (including phenoxy) is 1. The van der Waals surface area contributed by atoms with Gasteiger partial charge in [-0.15, -0.1) is 0 Å². The van der Waals surface area contributed by atoms with Crippen LogP contribution < -0.4 is 16.4 Å². The van der Waals surface area contributed by atoms with Crippen LogP contribution in [0.4, 0.5) is 4.79 Å². The van der Waals surface area contributed by atoms with Crippen molar-refractivity contribution < 1.29 is 9.53 Å². The van der Waals surface area contributed by atoms with Gasteiger partial charge in [0.15, 0.2) is 0 Å². The molecule has 2 amide bonds. The van der Waals surface area contributed by atoms with Gasteiger partial charge in [-0.1, -0.05) is 13.8 Å². The van der Waals surface area contributed by atoms with E-state index in [0.717, 1.165) is 19.6 Å². The first-order valence-corrected chi connectivity index (χ1v) is 5.86. The van der Waals surface area contributed by atoms with Crippen molar-refractivity contribution >= 4 is 6.03 Å². The standard InChI is InChI=1S/C11H23N3O2/c1-4-16-9-7-8(11(9,2)3)13-5-6-14-10(12)15/h8-9,13H,4-7H2,1-3H3,(H3,12,14,15). The van der Waals surface area contributed by atoms with Crippen molar-refractivity contribution in [2.24, 2.45) is 11.1 Å². The van der Waals surface area contributed by atoms with E-state index in [2.05, 4.69) is 24.5 Å². The Morgan fingerprint density at radius 1 is 1.50 bits per heavy atom. The van der Waals surface area contributed by atoms with Gasteiger partial charge in [0.05, 0.1) is 6.10 Å². The lowest BCUT2D eigenvalue weighted by Crippen LogP contribution is -2.61. The molecule has 5 heteroatoms. The minimum Gasteiger partial charge on any atom is -0.378 e. The molecule has 0 radical (unpaired) electrons. The number of urea groups is 1.